The Morgan fingerprint density at radius 2 is 2.12 bits per heavy atom. The summed E-state index contributed by atoms with van der Waals surface area (Å²) in [6.45, 7) is 6.50. The zero-order chi connectivity index (χ0) is 11.5. The molecular formula is C13H14N2O. The highest BCUT2D eigenvalue weighted by Crippen LogP contribution is 2.32. The molecule has 0 saturated carbocycles. The van der Waals surface area contributed by atoms with E-state index in [1.807, 2.05) is 31.2 Å². The number of nitrogens with zero attached hydrogens (tertiary/aromatic N) is 1. The van der Waals surface area contributed by atoms with Gasteiger partial charge in [0.05, 0.1) is 6.61 Å². The van der Waals surface area contributed by atoms with Crippen LogP contribution in [0.1, 0.15) is 12.5 Å². The average Bonchev–Trinajstić information content (AvgIpc) is 2.61. The van der Waals surface area contributed by atoms with Crippen LogP contribution < -0.4 is 10.5 Å². The van der Waals surface area contributed by atoms with E-state index in [9.17, 15) is 0 Å². The molecule has 0 unspecified atom stereocenters. The van der Waals surface area contributed by atoms with Crippen LogP contribution in [-0.4, -0.2) is 12.4 Å². The quantitative estimate of drug-likeness (QED) is 0.839. The lowest BCUT2D eigenvalue weighted by Crippen LogP contribution is -2.11. The van der Waals surface area contributed by atoms with Gasteiger partial charge >= 0.3 is 0 Å². The normalized spacial score (nSPS) is 14.7. The van der Waals surface area contributed by atoms with Crippen molar-refractivity contribution in [2.24, 2.45) is 10.7 Å². The summed E-state index contributed by atoms with van der Waals surface area (Å²) in [7, 11) is 0. The molecule has 0 spiro atoms. The highest BCUT2D eigenvalue weighted by Gasteiger charge is 2.17. The fraction of sp³-hybridized carbons (Fsp3) is 0.154. The maximum atomic E-state index is 5.69. The van der Waals surface area contributed by atoms with Crippen molar-refractivity contribution < 1.29 is 4.74 Å². The van der Waals surface area contributed by atoms with Crippen LogP contribution >= 0.6 is 0 Å². The Kier molecular flexibility index (Phi) is 2.77. The predicted molar refractivity (Wildman–Crippen MR) is 66.4 cm³/mol. The highest BCUT2D eigenvalue weighted by atomic mass is 16.5. The molecule has 16 heavy (non-hydrogen) atoms. The van der Waals surface area contributed by atoms with Crippen molar-refractivity contribution in [2.45, 2.75) is 6.92 Å². The SMILES string of the molecule is C=C1C(c2ccccc2OCC)=CN=C1N. The molecular weight excluding hydrogens is 200 g/mol. The Bertz CT molecular complexity index is 486. The van der Waals surface area contributed by atoms with E-state index in [0.29, 0.717) is 12.4 Å². The fourth-order valence-electron chi connectivity index (χ4n) is 1.63. The molecule has 3 heteroatoms. The standard InChI is InChI=1S/C13H14N2O/c1-3-16-12-7-5-4-6-10(12)11-8-15-13(14)9(11)2/h4-8H,2-3H2,1H3,(H2,14,15). The van der Waals surface area contributed by atoms with Crippen LogP contribution in [0.5, 0.6) is 5.75 Å². The lowest BCUT2D eigenvalue weighted by atomic mass is 10.00. The summed E-state index contributed by atoms with van der Waals surface area (Å²) in [5.41, 5.74) is 8.36. The minimum Gasteiger partial charge on any atom is -0.493 e. The van der Waals surface area contributed by atoms with Crippen molar-refractivity contribution in [2.75, 3.05) is 6.61 Å². The second kappa shape index (κ2) is 4.23. The van der Waals surface area contributed by atoms with E-state index in [1.165, 1.54) is 0 Å². The summed E-state index contributed by atoms with van der Waals surface area (Å²) >= 11 is 0. The van der Waals surface area contributed by atoms with Gasteiger partial charge in [0.15, 0.2) is 0 Å². The van der Waals surface area contributed by atoms with Crippen LogP contribution in [0.25, 0.3) is 5.57 Å². The Hall–Kier alpha value is -2.03. The minimum atomic E-state index is 0.473. The molecule has 3 nitrogen and oxygen atoms in total. The Balaban J connectivity index is 2.39. The maximum Gasteiger partial charge on any atom is 0.130 e. The third-order valence-electron chi connectivity index (χ3n) is 2.44. The largest absolute Gasteiger partial charge is 0.493 e. The first-order valence-electron chi connectivity index (χ1n) is 5.19. The minimum absolute atomic E-state index is 0.473. The molecule has 0 aromatic heterocycles. The van der Waals surface area contributed by atoms with Crippen LogP contribution in [0.2, 0.25) is 0 Å². The number of nitrogens with two attached hydrogens (primary N) is 1. The van der Waals surface area contributed by atoms with Crippen LogP contribution in [0.4, 0.5) is 0 Å². The summed E-state index contributed by atoms with van der Waals surface area (Å²) in [6, 6.07) is 7.81. The molecule has 0 amide bonds. The second-order valence-electron chi connectivity index (χ2n) is 3.46. The summed E-state index contributed by atoms with van der Waals surface area (Å²) < 4.78 is 5.56. The van der Waals surface area contributed by atoms with Gasteiger partial charge < -0.3 is 10.5 Å². The zero-order valence-electron chi connectivity index (χ0n) is 9.23. The van der Waals surface area contributed by atoms with Gasteiger partial charge in [0.1, 0.15) is 11.6 Å². The third kappa shape index (κ3) is 1.72. The van der Waals surface area contributed by atoms with E-state index in [2.05, 4.69) is 11.6 Å². The molecule has 2 rings (SSSR count). The zero-order valence-corrected chi connectivity index (χ0v) is 9.23. The predicted octanol–water partition coefficient (Wildman–Crippen LogP) is 2.35. The van der Waals surface area contributed by atoms with Crippen molar-refractivity contribution >= 4 is 11.4 Å². The highest BCUT2D eigenvalue weighted by molar-refractivity contribution is 6.14. The summed E-state index contributed by atoms with van der Waals surface area (Å²) in [5, 5.41) is 0. The molecule has 82 valence electrons. The van der Waals surface area contributed by atoms with Gasteiger partial charge in [0.2, 0.25) is 0 Å². The van der Waals surface area contributed by atoms with Gasteiger partial charge in [-0.05, 0) is 13.0 Å². The summed E-state index contributed by atoms with van der Waals surface area (Å²) in [4.78, 5) is 4.05. The molecule has 1 aromatic rings. The summed E-state index contributed by atoms with van der Waals surface area (Å²) in [5.74, 6) is 1.31. The number of para-hydroxylation sites is 1. The fourth-order valence-corrected chi connectivity index (χ4v) is 1.63. The number of amidine groups is 1. The Labute approximate surface area is 94.9 Å². The van der Waals surface area contributed by atoms with E-state index in [4.69, 9.17) is 10.5 Å². The van der Waals surface area contributed by atoms with Gasteiger partial charge in [-0.1, -0.05) is 24.8 Å². The number of hydrogen-bond donors (Lipinski definition) is 1. The molecule has 0 atom stereocenters. The summed E-state index contributed by atoms with van der Waals surface area (Å²) in [6.07, 6.45) is 1.73. The monoisotopic (exact) mass is 214 g/mol. The number of benzene rings is 1. The first-order valence-corrected chi connectivity index (χ1v) is 5.19. The molecule has 0 radical (unpaired) electrons. The van der Waals surface area contributed by atoms with Crippen molar-refractivity contribution in [1.82, 2.24) is 0 Å². The van der Waals surface area contributed by atoms with Crippen molar-refractivity contribution in [1.29, 1.82) is 0 Å². The molecule has 1 aliphatic rings. The smallest absolute Gasteiger partial charge is 0.130 e. The van der Waals surface area contributed by atoms with Gasteiger partial charge in [-0.3, -0.25) is 0 Å². The molecule has 0 bridgehead atoms. The van der Waals surface area contributed by atoms with Gasteiger partial charge in [-0.2, -0.15) is 0 Å². The van der Waals surface area contributed by atoms with Crippen LogP contribution in [0.3, 0.4) is 0 Å². The molecule has 2 N–H and O–H groups in total. The van der Waals surface area contributed by atoms with Crippen molar-refractivity contribution in [3.05, 3.63) is 48.2 Å². The van der Waals surface area contributed by atoms with Crippen LogP contribution in [0.15, 0.2) is 47.6 Å². The first kappa shape index (κ1) is 10.5. The first-order chi connectivity index (χ1) is 7.74. The van der Waals surface area contributed by atoms with Crippen molar-refractivity contribution in [3.63, 3.8) is 0 Å². The molecule has 0 saturated heterocycles. The van der Waals surface area contributed by atoms with E-state index in [-0.39, 0.29) is 0 Å². The molecule has 0 aliphatic carbocycles. The average molecular weight is 214 g/mol. The molecule has 1 aromatic carbocycles. The van der Waals surface area contributed by atoms with Gasteiger partial charge in [0, 0.05) is 22.9 Å². The van der Waals surface area contributed by atoms with Crippen molar-refractivity contribution in [3.8, 4) is 5.75 Å². The second-order valence-corrected chi connectivity index (χ2v) is 3.46. The van der Waals surface area contributed by atoms with E-state index >= 15 is 0 Å². The van der Waals surface area contributed by atoms with E-state index < -0.39 is 0 Å². The third-order valence-corrected chi connectivity index (χ3v) is 2.44. The van der Waals surface area contributed by atoms with Gasteiger partial charge in [-0.25, -0.2) is 4.99 Å². The number of ether oxygens (including phenoxy) is 1. The topological polar surface area (TPSA) is 47.6 Å². The van der Waals surface area contributed by atoms with E-state index in [0.717, 1.165) is 22.5 Å². The van der Waals surface area contributed by atoms with Crippen LogP contribution in [0, 0.1) is 0 Å². The van der Waals surface area contributed by atoms with Gasteiger partial charge in [0.25, 0.3) is 0 Å². The molecule has 1 aliphatic heterocycles. The maximum absolute atomic E-state index is 5.69. The lowest BCUT2D eigenvalue weighted by molar-refractivity contribution is 0.339. The lowest BCUT2D eigenvalue weighted by Gasteiger charge is -2.11. The molecule has 1 heterocycles. The molecule has 0 fully saturated rings. The van der Waals surface area contributed by atoms with Gasteiger partial charge in [-0.15, -0.1) is 0 Å². The Morgan fingerprint density at radius 1 is 1.38 bits per heavy atom. The number of aliphatic imine (C=N–C) groups is 1. The van der Waals surface area contributed by atoms with E-state index in [1.54, 1.807) is 6.20 Å². The number of rotatable bonds is 3. The Morgan fingerprint density at radius 3 is 2.75 bits per heavy atom. The number of hydrogen-bond acceptors (Lipinski definition) is 3. The van der Waals surface area contributed by atoms with Crippen LogP contribution in [-0.2, 0) is 0 Å².